The Hall–Kier alpha value is -5.87. The molecule has 4 heterocycles. The fraction of sp³-hybridized carbons (Fsp3) is 0.237. The molecule has 353 valence electrons. The van der Waals surface area contributed by atoms with E-state index < -0.39 is 25.1 Å². The van der Waals surface area contributed by atoms with Gasteiger partial charge in [0.15, 0.2) is 0 Å². The van der Waals surface area contributed by atoms with Crippen LogP contribution in [-0.4, -0.2) is 32.8 Å². The van der Waals surface area contributed by atoms with E-state index in [0.717, 1.165) is 62.7 Å². The molecule has 69 heavy (non-hydrogen) atoms. The Morgan fingerprint density at radius 1 is 0.681 bits per heavy atom. The predicted molar refractivity (Wildman–Crippen MR) is 277 cm³/mol. The molecular weight excluding hydrogens is 1100 g/mol. The van der Waals surface area contributed by atoms with Gasteiger partial charge in [-0.05, 0) is 87.3 Å². The van der Waals surface area contributed by atoms with Crippen molar-refractivity contribution in [2.75, 3.05) is 0 Å². The van der Waals surface area contributed by atoms with Gasteiger partial charge in [0.1, 0.15) is 5.69 Å². The van der Waals surface area contributed by atoms with Gasteiger partial charge in [0.05, 0.1) is 22.4 Å². The minimum Gasteiger partial charge on any atom is -0.486 e. The third-order valence-electron chi connectivity index (χ3n) is 12.5. The van der Waals surface area contributed by atoms with E-state index in [1.165, 1.54) is 22.4 Å². The Kier molecular flexibility index (Phi) is 14.3. The van der Waals surface area contributed by atoms with E-state index in [9.17, 15) is 13.2 Å². The zero-order valence-corrected chi connectivity index (χ0v) is 44.9. The first-order chi connectivity index (χ1) is 32.5. The summed E-state index contributed by atoms with van der Waals surface area (Å²) in [5, 5.41) is 3.53. The number of rotatable bonds is 9. The topological polar surface area (TPSA) is 56.7 Å². The predicted octanol–water partition coefficient (Wildman–Crippen LogP) is 16.2. The van der Waals surface area contributed by atoms with E-state index in [-0.39, 0.29) is 37.7 Å². The molecule has 0 amide bonds. The summed E-state index contributed by atoms with van der Waals surface area (Å²) >= 11 is -1.86. The van der Waals surface area contributed by atoms with Crippen molar-refractivity contribution in [2.24, 2.45) is 5.92 Å². The van der Waals surface area contributed by atoms with Crippen LogP contribution in [0.3, 0.4) is 0 Å². The standard InChI is InChI=1S/C41H31F3N3O.C18H24GeN.Ir/c1-23(2)32-21-28(27-17-16-25-10-5-6-11-26(25)20-27)22-33(24(3)4)37(32)47-35-15-8-7-14-34(35)45-39(47)31-13-9-12-29-30-18-19-36(41(42,43)44)46-40(30)48-38(29)31;1-14(2)11-16-12-18(15-9-7-6-8-10-15)20-13-17(16)19(3,4)5;/h5-12,14-24H,1-4H3;6-9,12-14H,11H2,1-5H3;/q2*-1;. The number of furan rings is 1. The number of imidazole rings is 1. The van der Waals surface area contributed by atoms with Crippen LogP contribution < -0.4 is 4.40 Å². The summed E-state index contributed by atoms with van der Waals surface area (Å²) < 4.78 is 50.5. The smallest absolute Gasteiger partial charge is 0.433 e. The zero-order valence-electron chi connectivity index (χ0n) is 40.4. The van der Waals surface area contributed by atoms with Crippen LogP contribution >= 0.6 is 0 Å². The fourth-order valence-corrected chi connectivity index (χ4v) is 12.5. The quantitative estimate of drug-likeness (QED) is 0.107. The monoisotopic (exact) mass is 1160 g/mol. The second kappa shape index (κ2) is 19.9. The molecule has 0 aliphatic rings. The summed E-state index contributed by atoms with van der Waals surface area (Å²) in [4.78, 5) is 13.7. The van der Waals surface area contributed by atoms with Crippen LogP contribution in [0.1, 0.15) is 75.8 Å². The SMILES string of the molecule is CC(C)Cc1cc(-c2[c-]cccc2)nc[c]1[Ge]([CH3])([CH3])[CH3].CC(C)c1cc(-c2ccc3ccccc3c2)cc(C(C)C)c1-n1c(-c2[c-]ccc3c2oc2nc(C(F)(F)F)ccc23)nc2ccccc21.[Ir]. The molecule has 1 radical (unpaired) electrons. The maximum absolute atomic E-state index is 13.6. The summed E-state index contributed by atoms with van der Waals surface area (Å²) in [7, 11) is 0. The second-order valence-corrected chi connectivity index (χ2v) is 30.3. The molecule has 5 nitrogen and oxygen atoms in total. The van der Waals surface area contributed by atoms with Crippen LogP contribution in [0.2, 0.25) is 17.3 Å². The van der Waals surface area contributed by atoms with Crippen LogP contribution in [-0.2, 0) is 32.7 Å². The first kappa shape index (κ1) is 49.6. The van der Waals surface area contributed by atoms with Gasteiger partial charge in [0.2, 0.25) is 5.71 Å². The Labute approximate surface area is 419 Å². The van der Waals surface area contributed by atoms with E-state index in [4.69, 9.17) is 14.4 Å². The normalized spacial score (nSPS) is 12.1. The number of alkyl halides is 3. The van der Waals surface area contributed by atoms with Crippen LogP contribution in [0.25, 0.3) is 83.3 Å². The number of nitrogens with zero attached hydrogens (tertiary/aromatic N) is 4. The van der Waals surface area contributed by atoms with Gasteiger partial charge in [0.25, 0.3) is 0 Å². The minimum atomic E-state index is -4.59. The van der Waals surface area contributed by atoms with Gasteiger partial charge in [-0.1, -0.05) is 87.2 Å². The van der Waals surface area contributed by atoms with Gasteiger partial charge in [-0.15, -0.1) is 18.2 Å². The van der Waals surface area contributed by atoms with Crippen molar-refractivity contribution in [2.45, 2.75) is 83.2 Å². The minimum absolute atomic E-state index is 0. The van der Waals surface area contributed by atoms with E-state index in [1.807, 2.05) is 42.5 Å². The number of aromatic nitrogens is 4. The molecule has 10 aromatic rings. The van der Waals surface area contributed by atoms with Crippen molar-refractivity contribution < 1.29 is 37.7 Å². The third-order valence-corrected chi connectivity index (χ3v) is 16.8. The molecule has 0 aliphatic carbocycles. The van der Waals surface area contributed by atoms with Crippen molar-refractivity contribution in [3.8, 4) is 39.5 Å². The number of fused-ring (bicyclic) bond motifs is 5. The molecular formula is C59H55F3GeIrN4O-2. The van der Waals surface area contributed by atoms with Gasteiger partial charge < -0.3 is 8.98 Å². The summed E-state index contributed by atoms with van der Waals surface area (Å²) in [6.07, 6.45) is -1.32. The third kappa shape index (κ3) is 10.1. The first-order valence-electron chi connectivity index (χ1n) is 23.4. The van der Waals surface area contributed by atoms with Gasteiger partial charge in [0, 0.05) is 31.2 Å². The second-order valence-electron chi connectivity index (χ2n) is 19.7. The van der Waals surface area contributed by atoms with Crippen molar-refractivity contribution in [1.29, 1.82) is 0 Å². The molecule has 0 fully saturated rings. The number of hydrogen-bond acceptors (Lipinski definition) is 4. The largest absolute Gasteiger partial charge is 0.486 e. The molecule has 0 saturated carbocycles. The molecule has 4 aromatic heterocycles. The molecule has 0 atom stereocenters. The average molecular weight is 1160 g/mol. The molecule has 0 unspecified atom stereocenters. The molecule has 6 aromatic carbocycles. The first-order valence-corrected chi connectivity index (χ1v) is 30.7. The molecule has 0 N–H and O–H groups in total. The average Bonchev–Trinajstić information content (AvgIpc) is 3.89. The number of halogens is 3. The maximum Gasteiger partial charge on any atom is 0.433 e. The van der Waals surface area contributed by atoms with E-state index in [0.29, 0.717) is 33.7 Å². The Balaban J connectivity index is 0.000000257. The number of pyridine rings is 2. The summed E-state index contributed by atoms with van der Waals surface area (Å²) in [5.74, 6) is 8.90. The van der Waals surface area contributed by atoms with Crippen molar-refractivity contribution in [1.82, 2.24) is 19.5 Å². The number of para-hydroxylation sites is 2. The molecule has 10 rings (SSSR count). The van der Waals surface area contributed by atoms with Crippen LogP contribution in [0.15, 0.2) is 144 Å². The van der Waals surface area contributed by atoms with Crippen LogP contribution in [0, 0.1) is 18.1 Å². The van der Waals surface area contributed by atoms with Gasteiger partial charge in [-0.2, -0.15) is 13.2 Å². The van der Waals surface area contributed by atoms with E-state index in [2.05, 4.69) is 153 Å². The maximum atomic E-state index is 13.6. The molecule has 0 aliphatic heterocycles. The molecule has 0 spiro atoms. The molecule has 0 bridgehead atoms. The number of hydrogen-bond donors (Lipinski definition) is 0. The van der Waals surface area contributed by atoms with Gasteiger partial charge in [-0.3, -0.25) is 4.98 Å². The molecule has 10 heteroatoms. The Morgan fingerprint density at radius 2 is 1.38 bits per heavy atom. The van der Waals surface area contributed by atoms with E-state index in [1.54, 1.807) is 16.5 Å². The Morgan fingerprint density at radius 3 is 2.04 bits per heavy atom. The van der Waals surface area contributed by atoms with Gasteiger partial charge >= 0.3 is 132 Å². The summed E-state index contributed by atoms with van der Waals surface area (Å²) in [6.45, 7) is 13.4. The van der Waals surface area contributed by atoms with E-state index >= 15 is 0 Å². The zero-order chi connectivity index (χ0) is 48.1. The summed E-state index contributed by atoms with van der Waals surface area (Å²) in [6, 6.07) is 50.4. The van der Waals surface area contributed by atoms with Crippen molar-refractivity contribution >= 4 is 61.5 Å². The van der Waals surface area contributed by atoms with Crippen LogP contribution in [0.5, 0.6) is 0 Å². The van der Waals surface area contributed by atoms with Crippen molar-refractivity contribution in [3.63, 3.8) is 0 Å². The van der Waals surface area contributed by atoms with Crippen LogP contribution in [0.4, 0.5) is 13.2 Å². The fourth-order valence-electron chi connectivity index (χ4n) is 9.20. The molecule has 0 saturated heterocycles. The number of benzene rings is 6. The Bertz CT molecular complexity index is 3430. The van der Waals surface area contributed by atoms with Gasteiger partial charge in [-0.25, -0.2) is 4.98 Å². The summed E-state index contributed by atoms with van der Waals surface area (Å²) in [5.41, 5.74) is 10.8. The van der Waals surface area contributed by atoms with Crippen molar-refractivity contribution in [3.05, 3.63) is 174 Å².